The number of hydrogen-bond donors (Lipinski definition) is 0. The number of ether oxygens (including phenoxy) is 4. The second-order valence-corrected chi connectivity index (χ2v) is 8.34. The first-order valence-electron chi connectivity index (χ1n) is 10.9. The highest BCUT2D eigenvalue weighted by molar-refractivity contribution is 5.54. The summed E-state index contributed by atoms with van der Waals surface area (Å²) in [5, 5.41) is 0. The Balaban J connectivity index is 1.46. The number of aryl methyl sites for hydroxylation is 1. The number of fused-ring (bicyclic) bond motifs is 2. The summed E-state index contributed by atoms with van der Waals surface area (Å²) >= 11 is 0. The molecule has 0 amide bonds. The highest BCUT2D eigenvalue weighted by Gasteiger charge is 2.31. The average molecular weight is 456 g/mol. The van der Waals surface area contributed by atoms with E-state index in [1.165, 1.54) is 12.1 Å². The number of hydrogen-bond acceptors (Lipinski definition) is 4. The fourth-order valence-electron chi connectivity index (χ4n) is 4.50. The van der Waals surface area contributed by atoms with Gasteiger partial charge in [-0.3, -0.25) is 0 Å². The van der Waals surface area contributed by atoms with E-state index in [0.717, 1.165) is 57.1 Å². The molecule has 3 aromatic rings. The molecule has 7 heteroatoms. The van der Waals surface area contributed by atoms with E-state index in [1.807, 2.05) is 13.0 Å². The topological polar surface area (TPSA) is 36.9 Å². The summed E-state index contributed by atoms with van der Waals surface area (Å²) in [6.07, 6.45) is -2.82. The quantitative estimate of drug-likeness (QED) is 0.488. The van der Waals surface area contributed by atoms with Crippen molar-refractivity contribution in [2.75, 3.05) is 19.8 Å². The van der Waals surface area contributed by atoms with Crippen LogP contribution in [0.2, 0.25) is 0 Å². The van der Waals surface area contributed by atoms with Crippen molar-refractivity contribution in [1.29, 1.82) is 0 Å². The van der Waals surface area contributed by atoms with Gasteiger partial charge in [0.15, 0.2) is 11.5 Å². The number of benzene rings is 3. The smallest absolute Gasteiger partial charge is 0.493 e. The van der Waals surface area contributed by atoms with Gasteiger partial charge in [-0.2, -0.15) is 0 Å². The van der Waals surface area contributed by atoms with Gasteiger partial charge in [-0.1, -0.05) is 30.3 Å². The highest BCUT2D eigenvalue weighted by atomic mass is 19.4. The Kier molecular flexibility index (Phi) is 5.56. The summed E-state index contributed by atoms with van der Waals surface area (Å²) in [4.78, 5) is 0. The molecule has 2 aliphatic rings. The maximum Gasteiger partial charge on any atom is 0.573 e. The normalized spacial score (nSPS) is 14.5. The molecular weight excluding hydrogens is 433 g/mol. The summed E-state index contributed by atoms with van der Waals surface area (Å²) in [5.74, 6) is 2.15. The third kappa shape index (κ3) is 4.87. The van der Waals surface area contributed by atoms with E-state index >= 15 is 0 Å². The van der Waals surface area contributed by atoms with Crippen LogP contribution < -0.4 is 18.9 Å². The van der Waals surface area contributed by atoms with Gasteiger partial charge in [0, 0.05) is 24.8 Å². The molecule has 0 atom stereocenters. The Morgan fingerprint density at radius 3 is 2.42 bits per heavy atom. The van der Waals surface area contributed by atoms with Crippen molar-refractivity contribution in [1.82, 2.24) is 0 Å². The van der Waals surface area contributed by atoms with E-state index in [2.05, 4.69) is 22.9 Å². The summed E-state index contributed by atoms with van der Waals surface area (Å²) in [6, 6.07) is 14.4. The molecule has 2 aliphatic heterocycles. The maximum atomic E-state index is 12.6. The molecule has 0 unspecified atom stereocenters. The van der Waals surface area contributed by atoms with E-state index in [4.69, 9.17) is 14.2 Å². The van der Waals surface area contributed by atoms with E-state index < -0.39 is 6.36 Å². The molecule has 0 saturated heterocycles. The molecule has 2 heterocycles. The lowest BCUT2D eigenvalue weighted by Crippen LogP contribution is -2.17. The van der Waals surface area contributed by atoms with Gasteiger partial charge < -0.3 is 18.9 Å². The summed E-state index contributed by atoms with van der Waals surface area (Å²) < 4.78 is 59.5. The maximum absolute atomic E-state index is 12.6. The summed E-state index contributed by atoms with van der Waals surface area (Å²) in [5.41, 5.74) is 6.03. The molecule has 0 radical (unpaired) electrons. The van der Waals surface area contributed by atoms with E-state index in [9.17, 15) is 13.2 Å². The third-order valence-corrected chi connectivity index (χ3v) is 5.70. The van der Waals surface area contributed by atoms with Crippen molar-refractivity contribution in [3.63, 3.8) is 0 Å². The fourth-order valence-corrected chi connectivity index (χ4v) is 4.50. The number of rotatable bonds is 5. The second-order valence-electron chi connectivity index (χ2n) is 8.34. The standard InChI is InChI=1S/C26H23F3O4/c1-16-9-20(25-23(10-16)30-7-8-32-25)13-18-12-19-5-6-31-24(19)21(14-18)11-17-3-2-4-22(15-17)33-26(27,28)29/h2-4,9-10,12,14-15H,5-8,11,13H2,1H3. The van der Waals surface area contributed by atoms with Crippen LogP contribution in [-0.4, -0.2) is 26.2 Å². The van der Waals surface area contributed by atoms with Crippen LogP contribution in [0.5, 0.6) is 23.0 Å². The molecule has 0 spiro atoms. The molecule has 0 fully saturated rings. The Hall–Kier alpha value is -3.35. The second kappa shape index (κ2) is 8.54. The molecule has 0 saturated carbocycles. The molecule has 0 aliphatic carbocycles. The van der Waals surface area contributed by atoms with Crippen LogP contribution >= 0.6 is 0 Å². The Bertz CT molecular complexity index is 1190. The van der Waals surface area contributed by atoms with Crippen LogP contribution in [0.1, 0.15) is 33.4 Å². The van der Waals surface area contributed by atoms with Crippen molar-refractivity contribution in [2.45, 2.75) is 32.5 Å². The van der Waals surface area contributed by atoms with Crippen LogP contribution in [0.4, 0.5) is 13.2 Å². The molecule has 172 valence electrons. The van der Waals surface area contributed by atoms with Gasteiger partial charge in [0.2, 0.25) is 0 Å². The van der Waals surface area contributed by atoms with Crippen LogP contribution in [-0.2, 0) is 19.3 Å². The minimum Gasteiger partial charge on any atom is -0.493 e. The van der Waals surface area contributed by atoms with E-state index in [0.29, 0.717) is 32.7 Å². The van der Waals surface area contributed by atoms with Crippen molar-refractivity contribution in [2.24, 2.45) is 0 Å². The van der Waals surface area contributed by atoms with Crippen LogP contribution in [0, 0.1) is 6.92 Å². The van der Waals surface area contributed by atoms with E-state index in [1.54, 1.807) is 12.1 Å². The predicted octanol–water partition coefficient (Wildman–Crippen LogP) is 5.78. The molecule has 5 rings (SSSR count). The van der Waals surface area contributed by atoms with Gasteiger partial charge in [0.25, 0.3) is 0 Å². The largest absolute Gasteiger partial charge is 0.573 e. The van der Waals surface area contributed by atoms with Crippen LogP contribution in [0.15, 0.2) is 48.5 Å². The zero-order chi connectivity index (χ0) is 23.0. The number of alkyl halides is 3. The first-order valence-corrected chi connectivity index (χ1v) is 10.9. The zero-order valence-electron chi connectivity index (χ0n) is 18.1. The lowest BCUT2D eigenvalue weighted by Gasteiger charge is -2.22. The molecule has 33 heavy (non-hydrogen) atoms. The molecule has 0 bridgehead atoms. The molecule has 4 nitrogen and oxygen atoms in total. The highest BCUT2D eigenvalue weighted by Crippen LogP contribution is 2.38. The van der Waals surface area contributed by atoms with Crippen LogP contribution in [0.3, 0.4) is 0 Å². The molecule has 0 N–H and O–H groups in total. The summed E-state index contributed by atoms with van der Waals surface area (Å²) in [7, 11) is 0. The summed E-state index contributed by atoms with van der Waals surface area (Å²) in [6.45, 7) is 3.68. The average Bonchev–Trinajstić information content (AvgIpc) is 3.22. The first-order chi connectivity index (χ1) is 15.8. The third-order valence-electron chi connectivity index (χ3n) is 5.70. The SMILES string of the molecule is Cc1cc(Cc2cc3c(c(Cc4cccc(OC(F)(F)F)c4)c2)OCC3)c2c(c1)OCCO2. The molecule has 0 aromatic heterocycles. The van der Waals surface area contributed by atoms with Gasteiger partial charge in [0.1, 0.15) is 24.7 Å². The van der Waals surface area contributed by atoms with Crippen molar-refractivity contribution in [3.05, 3.63) is 81.9 Å². The van der Waals surface area contributed by atoms with Crippen LogP contribution in [0.25, 0.3) is 0 Å². The first kappa shape index (κ1) is 21.5. The molecular formula is C26H23F3O4. The predicted molar refractivity (Wildman–Crippen MR) is 117 cm³/mol. The van der Waals surface area contributed by atoms with E-state index in [-0.39, 0.29) is 5.75 Å². The monoisotopic (exact) mass is 456 g/mol. The Morgan fingerprint density at radius 2 is 1.58 bits per heavy atom. The Labute approximate surface area is 189 Å². The lowest BCUT2D eigenvalue weighted by atomic mass is 9.94. The minimum atomic E-state index is -4.72. The van der Waals surface area contributed by atoms with Crippen molar-refractivity contribution < 1.29 is 32.1 Å². The van der Waals surface area contributed by atoms with Gasteiger partial charge in [-0.05, 0) is 52.9 Å². The van der Waals surface area contributed by atoms with Gasteiger partial charge in [0.05, 0.1) is 6.61 Å². The van der Waals surface area contributed by atoms with Crippen molar-refractivity contribution in [3.8, 4) is 23.0 Å². The van der Waals surface area contributed by atoms with Gasteiger partial charge in [-0.15, -0.1) is 13.2 Å². The lowest BCUT2D eigenvalue weighted by molar-refractivity contribution is -0.274. The van der Waals surface area contributed by atoms with Crippen molar-refractivity contribution >= 4 is 0 Å². The minimum absolute atomic E-state index is 0.225. The number of halogens is 3. The molecule has 3 aromatic carbocycles. The Morgan fingerprint density at radius 1 is 0.818 bits per heavy atom. The van der Waals surface area contributed by atoms with Gasteiger partial charge in [-0.25, -0.2) is 0 Å². The fraction of sp³-hybridized carbons (Fsp3) is 0.308. The van der Waals surface area contributed by atoms with Gasteiger partial charge >= 0.3 is 6.36 Å². The zero-order valence-corrected chi connectivity index (χ0v) is 18.1.